The zero-order valence-corrected chi connectivity index (χ0v) is 13.5. The predicted molar refractivity (Wildman–Crippen MR) is 87.4 cm³/mol. The smallest absolute Gasteiger partial charge is 0.235 e. The summed E-state index contributed by atoms with van der Waals surface area (Å²) in [5.41, 5.74) is 1.33. The third kappa shape index (κ3) is 4.72. The second-order valence-corrected chi connectivity index (χ2v) is 5.98. The molecule has 1 N–H and O–H groups in total. The number of likely N-dealkylation sites (N-methyl/N-ethyl adjacent to an activating group) is 1. The van der Waals surface area contributed by atoms with Gasteiger partial charge in [-0.3, -0.25) is 9.69 Å². The van der Waals surface area contributed by atoms with E-state index in [2.05, 4.69) is 41.4 Å². The molecule has 0 spiro atoms. The summed E-state index contributed by atoms with van der Waals surface area (Å²) >= 11 is 5.64. The summed E-state index contributed by atoms with van der Waals surface area (Å²) in [5, 5.41) is 3.11. The fourth-order valence-electron chi connectivity index (χ4n) is 3.24. The molecule has 0 aliphatic heterocycles. The zero-order chi connectivity index (χ0) is 15.1. The first-order valence-corrected chi connectivity index (χ1v) is 8.41. The van der Waals surface area contributed by atoms with Crippen LogP contribution in [0.1, 0.15) is 38.2 Å². The quantitative estimate of drug-likeness (QED) is 0.819. The third-order valence-corrected chi connectivity index (χ3v) is 4.54. The van der Waals surface area contributed by atoms with Gasteiger partial charge in [0, 0.05) is 18.6 Å². The highest BCUT2D eigenvalue weighted by molar-refractivity contribution is 6.27. The van der Waals surface area contributed by atoms with Gasteiger partial charge in [0.25, 0.3) is 0 Å². The number of carbonyl (C=O) groups is 1. The number of rotatable bonds is 6. The van der Waals surface area contributed by atoms with Crippen LogP contribution in [0.3, 0.4) is 0 Å². The molecule has 0 aromatic heterocycles. The number of carbonyl (C=O) groups excluding carboxylic acids is 1. The summed E-state index contributed by atoms with van der Waals surface area (Å²) in [5.74, 6) is -0.00191. The molecule has 0 bridgehead atoms. The molecule has 4 heteroatoms. The molecule has 0 heterocycles. The summed E-state index contributed by atoms with van der Waals surface area (Å²) in [6.45, 7) is 4.13. The van der Waals surface area contributed by atoms with E-state index in [-0.39, 0.29) is 17.8 Å². The van der Waals surface area contributed by atoms with Gasteiger partial charge in [0.1, 0.15) is 5.88 Å². The van der Waals surface area contributed by atoms with Gasteiger partial charge in [-0.25, -0.2) is 0 Å². The van der Waals surface area contributed by atoms with Gasteiger partial charge in [0.2, 0.25) is 5.91 Å². The Balaban J connectivity index is 2.04. The summed E-state index contributed by atoms with van der Waals surface area (Å²) in [6, 6.07) is 11.2. The van der Waals surface area contributed by atoms with E-state index in [4.69, 9.17) is 11.6 Å². The maximum absolute atomic E-state index is 11.6. The fourth-order valence-corrected chi connectivity index (χ4v) is 3.32. The minimum atomic E-state index is -0.0515. The average Bonchev–Trinajstić information content (AvgIpc) is 2.54. The first-order chi connectivity index (χ1) is 10.2. The Morgan fingerprint density at radius 1 is 1.29 bits per heavy atom. The molecule has 1 aromatic rings. The van der Waals surface area contributed by atoms with Crippen LogP contribution in [0.15, 0.2) is 30.3 Å². The van der Waals surface area contributed by atoms with Gasteiger partial charge in [-0.2, -0.15) is 0 Å². The molecule has 2 atom stereocenters. The van der Waals surface area contributed by atoms with Gasteiger partial charge < -0.3 is 5.32 Å². The summed E-state index contributed by atoms with van der Waals surface area (Å²) < 4.78 is 0. The monoisotopic (exact) mass is 308 g/mol. The second kappa shape index (κ2) is 8.40. The lowest BCUT2D eigenvalue weighted by Crippen LogP contribution is -2.53. The lowest BCUT2D eigenvalue weighted by Gasteiger charge is -2.40. The largest absolute Gasteiger partial charge is 0.351 e. The predicted octanol–water partition coefficient (Wildman–Crippen LogP) is 3.17. The van der Waals surface area contributed by atoms with Crippen LogP contribution in [0.2, 0.25) is 0 Å². The number of nitrogens with zero attached hydrogens (tertiary/aromatic N) is 1. The molecule has 116 valence electrons. The van der Waals surface area contributed by atoms with Crippen molar-refractivity contribution in [2.45, 2.75) is 51.2 Å². The maximum atomic E-state index is 11.6. The van der Waals surface area contributed by atoms with Gasteiger partial charge in [-0.05, 0) is 24.9 Å². The summed E-state index contributed by atoms with van der Waals surface area (Å²) in [7, 11) is 0. The fraction of sp³-hybridized carbons (Fsp3) is 0.588. The number of hydrogen-bond acceptors (Lipinski definition) is 2. The Hall–Kier alpha value is -1.06. The van der Waals surface area contributed by atoms with Crippen LogP contribution in [0.5, 0.6) is 0 Å². The van der Waals surface area contributed by atoms with Crippen molar-refractivity contribution in [1.82, 2.24) is 10.2 Å². The van der Waals surface area contributed by atoms with E-state index in [1.807, 2.05) is 6.07 Å². The van der Waals surface area contributed by atoms with E-state index >= 15 is 0 Å². The number of amides is 1. The molecule has 1 fully saturated rings. The highest BCUT2D eigenvalue weighted by atomic mass is 35.5. The molecule has 1 saturated carbocycles. The number of benzene rings is 1. The van der Waals surface area contributed by atoms with Gasteiger partial charge in [-0.15, -0.1) is 11.6 Å². The summed E-state index contributed by atoms with van der Waals surface area (Å²) in [4.78, 5) is 14.1. The van der Waals surface area contributed by atoms with Gasteiger partial charge in [-0.1, -0.05) is 50.1 Å². The summed E-state index contributed by atoms with van der Waals surface area (Å²) in [6.07, 6.45) is 4.63. The van der Waals surface area contributed by atoms with E-state index in [1.165, 1.54) is 18.4 Å². The molecule has 3 nitrogen and oxygen atoms in total. The minimum absolute atomic E-state index is 0.0496. The van der Waals surface area contributed by atoms with E-state index < -0.39 is 0 Å². The van der Waals surface area contributed by atoms with Crippen molar-refractivity contribution in [1.29, 1.82) is 0 Å². The van der Waals surface area contributed by atoms with E-state index in [9.17, 15) is 4.79 Å². The number of hydrogen-bond donors (Lipinski definition) is 1. The van der Waals surface area contributed by atoms with Crippen LogP contribution in [-0.2, 0) is 11.3 Å². The Morgan fingerprint density at radius 3 is 2.67 bits per heavy atom. The van der Waals surface area contributed by atoms with Crippen LogP contribution in [0, 0.1) is 0 Å². The molecule has 1 aliphatic carbocycles. The Kier molecular flexibility index (Phi) is 6.52. The zero-order valence-electron chi connectivity index (χ0n) is 12.7. The molecule has 2 rings (SSSR count). The third-order valence-electron chi connectivity index (χ3n) is 4.30. The van der Waals surface area contributed by atoms with Crippen molar-refractivity contribution >= 4 is 17.5 Å². The standard InChI is InChI=1S/C17H25ClN2O/c1-2-20(13-14-8-4-3-5-9-14)16-11-7-6-10-15(16)19-17(21)12-18/h3-5,8-9,15-16H,2,6-7,10-13H2,1H3,(H,19,21). The topological polar surface area (TPSA) is 32.3 Å². The molecule has 1 aromatic carbocycles. The average molecular weight is 309 g/mol. The molecule has 0 radical (unpaired) electrons. The molecule has 0 saturated heterocycles. The second-order valence-electron chi connectivity index (χ2n) is 5.71. The first-order valence-electron chi connectivity index (χ1n) is 7.88. The van der Waals surface area contributed by atoms with E-state index in [0.717, 1.165) is 25.9 Å². The van der Waals surface area contributed by atoms with Gasteiger partial charge in [0.15, 0.2) is 0 Å². The van der Waals surface area contributed by atoms with Crippen LogP contribution >= 0.6 is 11.6 Å². The molecule has 1 amide bonds. The van der Waals surface area contributed by atoms with Crippen LogP contribution in [-0.4, -0.2) is 35.3 Å². The Labute approximate surface area is 132 Å². The highest BCUT2D eigenvalue weighted by Crippen LogP contribution is 2.24. The Morgan fingerprint density at radius 2 is 2.00 bits per heavy atom. The van der Waals surface area contributed by atoms with E-state index in [0.29, 0.717) is 6.04 Å². The van der Waals surface area contributed by atoms with Crippen molar-refractivity contribution in [3.63, 3.8) is 0 Å². The Bertz CT molecular complexity index is 438. The number of alkyl halides is 1. The van der Waals surface area contributed by atoms with Crippen molar-refractivity contribution in [3.05, 3.63) is 35.9 Å². The van der Waals surface area contributed by atoms with Crippen molar-refractivity contribution < 1.29 is 4.79 Å². The molecule has 2 unspecified atom stereocenters. The molecular formula is C17H25ClN2O. The maximum Gasteiger partial charge on any atom is 0.235 e. The van der Waals surface area contributed by atoms with Crippen molar-refractivity contribution in [2.75, 3.05) is 12.4 Å². The minimum Gasteiger partial charge on any atom is -0.351 e. The van der Waals surface area contributed by atoms with Gasteiger partial charge in [0.05, 0.1) is 0 Å². The van der Waals surface area contributed by atoms with Crippen molar-refractivity contribution in [2.24, 2.45) is 0 Å². The number of nitrogens with one attached hydrogen (secondary N) is 1. The SMILES string of the molecule is CCN(Cc1ccccc1)C1CCCCC1NC(=O)CCl. The van der Waals surface area contributed by atoms with Crippen molar-refractivity contribution in [3.8, 4) is 0 Å². The van der Waals surface area contributed by atoms with E-state index in [1.54, 1.807) is 0 Å². The normalized spacial score (nSPS) is 22.2. The molecule has 21 heavy (non-hydrogen) atoms. The lowest BCUT2D eigenvalue weighted by molar-refractivity contribution is -0.120. The van der Waals surface area contributed by atoms with Crippen LogP contribution in [0.25, 0.3) is 0 Å². The first kappa shape index (κ1) is 16.3. The lowest BCUT2D eigenvalue weighted by atomic mass is 9.88. The van der Waals surface area contributed by atoms with Crippen LogP contribution in [0.4, 0.5) is 0 Å². The molecule has 1 aliphatic rings. The molecular weight excluding hydrogens is 284 g/mol. The number of halogens is 1. The highest BCUT2D eigenvalue weighted by Gasteiger charge is 2.30. The van der Waals surface area contributed by atoms with Gasteiger partial charge >= 0.3 is 0 Å². The van der Waals surface area contributed by atoms with Crippen LogP contribution < -0.4 is 5.32 Å².